The van der Waals surface area contributed by atoms with Crippen LogP contribution in [0.3, 0.4) is 0 Å². The topological polar surface area (TPSA) is 133 Å². The van der Waals surface area contributed by atoms with Gasteiger partial charge in [-0.2, -0.15) is 10.5 Å². The molecule has 1 aliphatic rings. The quantitative estimate of drug-likeness (QED) is 0.600. The molecule has 0 saturated heterocycles. The van der Waals surface area contributed by atoms with E-state index in [1.165, 1.54) is 6.92 Å². The summed E-state index contributed by atoms with van der Waals surface area (Å²) in [4.78, 5) is 27.1. The monoisotopic (exact) mass is 241 g/mol. The van der Waals surface area contributed by atoms with Crippen molar-refractivity contribution in [3.05, 3.63) is 22.4 Å². The third kappa shape index (κ3) is 1.39. The predicted molar refractivity (Wildman–Crippen MR) is 58.9 cm³/mol. The van der Waals surface area contributed by atoms with E-state index in [0.29, 0.717) is 5.56 Å². The van der Waals surface area contributed by atoms with Crippen molar-refractivity contribution in [2.75, 3.05) is 5.73 Å². The summed E-state index contributed by atoms with van der Waals surface area (Å²) in [5.74, 6) is -2.67. The predicted octanol–water partition coefficient (Wildman–Crippen LogP) is -0.279. The summed E-state index contributed by atoms with van der Waals surface area (Å²) in [5, 5.41) is 19.9. The van der Waals surface area contributed by atoms with E-state index in [1.807, 2.05) is 6.07 Å². The van der Waals surface area contributed by atoms with Crippen molar-refractivity contribution < 1.29 is 9.59 Å². The van der Waals surface area contributed by atoms with E-state index >= 15 is 0 Å². The van der Waals surface area contributed by atoms with Crippen LogP contribution in [0.1, 0.15) is 33.1 Å². The van der Waals surface area contributed by atoms with Crippen molar-refractivity contribution >= 4 is 17.6 Å². The summed E-state index contributed by atoms with van der Waals surface area (Å²) in [7, 11) is 0. The Kier molecular flexibility index (Phi) is 2.45. The fraction of sp³-hybridized carbons (Fsp3) is 0.182. The van der Waals surface area contributed by atoms with Gasteiger partial charge in [0, 0.05) is 0 Å². The van der Waals surface area contributed by atoms with Crippen LogP contribution in [0, 0.1) is 29.6 Å². The highest BCUT2D eigenvalue weighted by molar-refractivity contribution is 6.13. The van der Waals surface area contributed by atoms with Gasteiger partial charge in [0.05, 0.1) is 22.9 Å². The number of hydrogen-bond donors (Lipinski definition) is 2. The maximum Gasteiger partial charge on any atom is 0.260 e. The van der Waals surface area contributed by atoms with Crippen LogP contribution in [0.15, 0.2) is 0 Å². The van der Waals surface area contributed by atoms with Crippen LogP contribution in [0.5, 0.6) is 0 Å². The molecular formula is C11H7N5O2. The molecule has 7 heteroatoms. The molecule has 2 amide bonds. The van der Waals surface area contributed by atoms with Gasteiger partial charge in [0.15, 0.2) is 5.92 Å². The van der Waals surface area contributed by atoms with Gasteiger partial charge in [-0.15, -0.1) is 0 Å². The largest absolute Gasteiger partial charge is 0.383 e. The number of imide groups is 1. The Morgan fingerprint density at radius 1 is 1.39 bits per heavy atom. The zero-order valence-electron chi connectivity index (χ0n) is 9.31. The summed E-state index contributed by atoms with van der Waals surface area (Å²) in [6, 6.07) is 3.60. The molecule has 2 heterocycles. The minimum atomic E-state index is -1.19. The van der Waals surface area contributed by atoms with Crippen LogP contribution < -0.4 is 11.1 Å². The maximum atomic E-state index is 11.7. The number of nitrogen functional groups attached to an aromatic ring is 1. The van der Waals surface area contributed by atoms with Gasteiger partial charge in [-0.05, 0) is 12.5 Å². The lowest BCUT2D eigenvalue weighted by atomic mass is 9.91. The number of aromatic nitrogens is 1. The lowest BCUT2D eigenvalue weighted by Crippen LogP contribution is -2.41. The molecular weight excluding hydrogens is 234 g/mol. The minimum Gasteiger partial charge on any atom is -0.383 e. The molecule has 1 atom stereocenters. The van der Waals surface area contributed by atoms with E-state index in [0.717, 1.165) is 0 Å². The zero-order chi connectivity index (χ0) is 13.4. The molecule has 1 aromatic rings. The van der Waals surface area contributed by atoms with Gasteiger partial charge in [-0.25, -0.2) is 4.98 Å². The second kappa shape index (κ2) is 3.82. The summed E-state index contributed by atoms with van der Waals surface area (Å²) < 4.78 is 0. The molecule has 0 aromatic carbocycles. The van der Waals surface area contributed by atoms with Crippen LogP contribution in [-0.4, -0.2) is 16.8 Å². The van der Waals surface area contributed by atoms with Gasteiger partial charge >= 0.3 is 0 Å². The van der Waals surface area contributed by atoms with E-state index in [4.69, 9.17) is 16.3 Å². The first-order valence-corrected chi connectivity index (χ1v) is 4.96. The molecule has 0 saturated carbocycles. The highest BCUT2D eigenvalue weighted by atomic mass is 16.2. The number of nitriles is 2. The molecule has 0 fully saturated rings. The summed E-state index contributed by atoms with van der Waals surface area (Å²) in [6.07, 6.45) is 0. The van der Waals surface area contributed by atoms with Gasteiger partial charge < -0.3 is 5.73 Å². The van der Waals surface area contributed by atoms with Gasteiger partial charge in [-0.3, -0.25) is 14.9 Å². The maximum absolute atomic E-state index is 11.7. The van der Waals surface area contributed by atoms with E-state index in [1.54, 1.807) is 6.07 Å². The molecule has 3 N–H and O–H groups in total. The Hall–Kier alpha value is -2.93. The lowest BCUT2D eigenvalue weighted by Gasteiger charge is -2.21. The SMILES string of the molecule is Cc1c(C#N)c(N)nc2c1C(=O)NC(=O)C2C#N. The minimum absolute atomic E-state index is 0.0141. The number of anilines is 1. The second-order valence-electron chi connectivity index (χ2n) is 3.75. The Labute approximate surface area is 102 Å². The van der Waals surface area contributed by atoms with Gasteiger partial charge in [-0.1, -0.05) is 0 Å². The summed E-state index contributed by atoms with van der Waals surface area (Å²) in [5.41, 5.74) is 6.07. The average Bonchev–Trinajstić information content (AvgIpc) is 2.28. The number of nitrogens with two attached hydrogens (primary N) is 1. The third-order valence-corrected chi connectivity index (χ3v) is 2.74. The molecule has 0 radical (unpaired) electrons. The number of hydrogen-bond acceptors (Lipinski definition) is 6. The average molecular weight is 241 g/mol. The molecule has 0 aliphatic carbocycles. The smallest absolute Gasteiger partial charge is 0.260 e. The molecule has 0 bridgehead atoms. The van der Waals surface area contributed by atoms with Crippen molar-refractivity contribution in [1.29, 1.82) is 10.5 Å². The number of pyridine rings is 1. The Bertz CT molecular complexity index is 665. The van der Waals surface area contributed by atoms with Crippen molar-refractivity contribution in [3.63, 3.8) is 0 Å². The lowest BCUT2D eigenvalue weighted by molar-refractivity contribution is -0.120. The Morgan fingerprint density at radius 3 is 2.61 bits per heavy atom. The van der Waals surface area contributed by atoms with Crippen molar-refractivity contribution in [3.8, 4) is 12.1 Å². The number of nitrogens with one attached hydrogen (secondary N) is 1. The zero-order valence-corrected chi connectivity index (χ0v) is 9.31. The van der Waals surface area contributed by atoms with Gasteiger partial charge in [0.1, 0.15) is 11.9 Å². The van der Waals surface area contributed by atoms with E-state index < -0.39 is 17.7 Å². The van der Waals surface area contributed by atoms with Crippen LogP contribution in [0.2, 0.25) is 0 Å². The molecule has 1 aliphatic heterocycles. The van der Waals surface area contributed by atoms with E-state index in [-0.39, 0.29) is 22.6 Å². The van der Waals surface area contributed by atoms with Crippen LogP contribution in [0.25, 0.3) is 0 Å². The van der Waals surface area contributed by atoms with Crippen molar-refractivity contribution in [2.24, 2.45) is 0 Å². The highest BCUT2D eigenvalue weighted by Gasteiger charge is 2.36. The number of carbonyl (C=O) groups excluding carboxylic acids is 2. The third-order valence-electron chi connectivity index (χ3n) is 2.74. The fourth-order valence-corrected chi connectivity index (χ4v) is 1.88. The number of nitrogens with zero attached hydrogens (tertiary/aromatic N) is 3. The normalized spacial score (nSPS) is 17.4. The Morgan fingerprint density at radius 2 is 2.06 bits per heavy atom. The van der Waals surface area contributed by atoms with E-state index in [2.05, 4.69) is 10.3 Å². The molecule has 7 nitrogen and oxygen atoms in total. The molecule has 18 heavy (non-hydrogen) atoms. The highest BCUT2D eigenvalue weighted by Crippen LogP contribution is 2.29. The van der Waals surface area contributed by atoms with Gasteiger partial charge in [0.2, 0.25) is 5.91 Å². The molecule has 2 rings (SSSR count). The molecule has 1 unspecified atom stereocenters. The first-order valence-electron chi connectivity index (χ1n) is 4.96. The van der Waals surface area contributed by atoms with Crippen molar-refractivity contribution in [2.45, 2.75) is 12.8 Å². The first kappa shape index (κ1) is 11.6. The molecule has 0 spiro atoms. The van der Waals surface area contributed by atoms with Crippen molar-refractivity contribution in [1.82, 2.24) is 10.3 Å². The summed E-state index contributed by atoms with van der Waals surface area (Å²) in [6.45, 7) is 1.53. The second-order valence-corrected chi connectivity index (χ2v) is 3.75. The number of amides is 2. The number of fused-ring (bicyclic) bond motifs is 1. The fourth-order valence-electron chi connectivity index (χ4n) is 1.88. The standard InChI is InChI=1S/C11H7N5O2/c1-4-5(2-12)9(14)15-8-6(3-13)10(17)16-11(18)7(4)8/h6H,1H3,(H2,14,15)(H,16,17,18). The number of rotatable bonds is 0. The van der Waals surface area contributed by atoms with Crippen LogP contribution in [-0.2, 0) is 4.79 Å². The first-order chi connectivity index (χ1) is 8.51. The Balaban J connectivity index is 2.84. The van der Waals surface area contributed by atoms with E-state index in [9.17, 15) is 9.59 Å². The number of carbonyl (C=O) groups is 2. The van der Waals surface area contributed by atoms with Crippen LogP contribution in [0.4, 0.5) is 5.82 Å². The molecule has 1 aromatic heterocycles. The molecule has 88 valence electrons. The van der Waals surface area contributed by atoms with Crippen LogP contribution >= 0.6 is 0 Å². The van der Waals surface area contributed by atoms with Gasteiger partial charge in [0.25, 0.3) is 5.91 Å². The summed E-state index contributed by atoms with van der Waals surface area (Å²) >= 11 is 0.